The molecule has 1 heterocycles. The van der Waals surface area contributed by atoms with Gasteiger partial charge in [0.2, 0.25) is 5.78 Å². The number of carbonyl (C=O) groups excluding carboxylic acids is 1. The fourth-order valence-corrected chi connectivity index (χ4v) is 1.73. The van der Waals surface area contributed by atoms with Crippen LogP contribution in [-0.4, -0.2) is 10.8 Å². The number of hydrogen-bond donors (Lipinski definition) is 1. The molecule has 0 atom stereocenters. The van der Waals surface area contributed by atoms with E-state index in [1.54, 1.807) is 12.3 Å². The van der Waals surface area contributed by atoms with Crippen LogP contribution in [-0.2, 0) is 0 Å². The van der Waals surface area contributed by atoms with Gasteiger partial charge in [-0.25, -0.2) is 0 Å². The van der Waals surface area contributed by atoms with Gasteiger partial charge in [0.15, 0.2) is 0 Å². The van der Waals surface area contributed by atoms with Gasteiger partial charge < -0.3 is 4.98 Å². The SMILES string of the molecule is Cc1cc(C)cc(C(=O)c2ccc[nH]2)c1. The molecule has 0 unspecified atom stereocenters. The van der Waals surface area contributed by atoms with Crippen molar-refractivity contribution in [1.82, 2.24) is 4.98 Å². The monoisotopic (exact) mass is 199 g/mol. The molecule has 1 aromatic heterocycles. The van der Waals surface area contributed by atoms with E-state index in [1.807, 2.05) is 32.0 Å². The molecular formula is C13H13NO. The van der Waals surface area contributed by atoms with Gasteiger partial charge in [0.1, 0.15) is 0 Å². The van der Waals surface area contributed by atoms with Crippen molar-refractivity contribution in [3.63, 3.8) is 0 Å². The first-order chi connectivity index (χ1) is 7.16. The number of carbonyl (C=O) groups is 1. The normalized spacial score (nSPS) is 10.3. The van der Waals surface area contributed by atoms with E-state index >= 15 is 0 Å². The van der Waals surface area contributed by atoms with Gasteiger partial charge in [-0.1, -0.05) is 17.2 Å². The molecular weight excluding hydrogens is 186 g/mol. The molecule has 1 N–H and O–H groups in total. The molecule has 0 spiro atoms. The predicted octanol–water partition coefficient (Wildman–Crippen LogP) is 2.86. The van der Waals surface area contributed by atoms with Crippen molar-refractivity contribution in [2.24, 2.45) is 0 Å². The largest absolute Gasteiger partial charge is 0.359 e. The van der Waals surface area contributed by atoms with Gasteiger partial charge in [-0.05, 0) is 38.1 Å². The van der Waals surface area contributed by atoms with E-state index in [1.165, 1.54) is 0 Å². The van der Waals surface area contributed by atoms with Gasteiger partial charge in [0.25, 0.3) is 0 Å². The van der Waals surface area contributed by atoms with E-state index in [9.17, 15) is 4.79 Å². The van der Waals surface area contributed by atoms with Crippen molar-refractivity contribution >= 4 is 5.78 Å². The van der Waals surface area contributed by atoms with Crippen molar-refractivity contribution in [3.05, 3.63) is 58.9 Å². The molecule has 2 nitrogen and oxygen atoms in total. The van der Waals surface area contributed by atoms with Crippen LogP contribution in [0.5, 0.6) is 0 Å². The van der Waals surface area contributed by atoms with Crippen molar-refractivity contribution in [1.29, 1.82) is 0 Å². The maximum atomic E-state index is 12.0. The summed E-state index contributed by atoms with van der Waals surface area (Å²) in [6.45, 7) is 4.00. The number of rotatable bonds is 2. The predicted molar refractivity (Wildman–Crippen MR) is 60.1 cm³/mol. The Labute approximate surface area is 89.0 Å². The molecule has 0 aliphatic rings. The number of ketones is 1. The third-order valence-corrected chi connectivity index (χ3v) is 2.33. The zero-order valence-corrected chi connectivity index (χ0v) is 8.87. The smallest absolute Gasteiger partial charge is 0.209 e. The Bertz CT molecular complexity index is 463. The van der Waals surface area contributed by atoms with Gasteiger partial charge in [0.05, 0.1) is 5.69 Å². The average Bonchev–Trinajstić information content (AvgIpc) is 2.67. The summed E-state index contributed by atoms with van der Waals surface area (Å²) in [5.41, 5.74) is 3.62. The number of benzene rings is 1. The Morgan fingerprint density at radius 3 is 2.33 bits per heavy atom. The molecule has 0 saturated heterocycles. The molecule has 15 heavy (non-hydrogen) atoms. The number of aromatic amines is 1. The molecule has 2 aromatic rings. The second kappa shape index (κ2) is 3.73. The minimum absolute atomic E-state index is 0.0480. The van der Waals surface area contributed by atoms with Gasteiger partial charge in [-0.2, -0.15) is 0 Å². The van der Waals surface area contributed by atoms with Gasteiger partial charge in [-0.15, -0.1) is 0 Å². The van der Waals surface area contributed by atoms with Crippen LogP contribution in [0.4, 0.5) is 0 Å². The van der Waals surface area contributed by atoms with Crippen LogP contribution in [0, 0.1) is 13.8 Å². The van der Waals surface area contributed by atoms with E-state index < -0.39 is 0 Å². The Morgan fingerprint density at radius 1 is 1.13 bits per heavy atom. The van der Waals surface area contributed by atoms with E-state index in [4.69, 9.17) is 0 Å². The molecule has 0 saturated carbocycles. The minimum Gasteiger partial charge on any atom is -0.359 e. The third kappa shape index (κ3) is 1.99. The molecule has 0 aliphatic carbocycles. The lowest BCUT2D eigenvalue weighted by atomic mass is 10.0. The van der Waals surface area contributed by atoms with E-state index in [0.717, 1.165) is 16.7 Å². The Hall–Kier alpha value is -1.83. The fourth-order valence-electron chi connectivity index (χ4n) is 1.73. The zero-order valence-electron chi connectivity index (χ0n) is 8.87. The molecule has 2 heteroatoms. The van der Waals surface area contributed by atoms with Gasteiger partial charge in [0, 0.05) is 11.8 Å². The zero-order chi connectivity index (χ0) is 10.8. The molecule has 76 valence electrons. The minimum atomic E-state index is 0.0480. The second-order valence-corrected chi connectivity index (χ2v) is 3.79. The lowest BCUT2D eigenvalue weighted by Crippen LogP contribution is -2.02. The highest BCUT2D eigenvalue weighted by Gasteiger charge is 2.09. The number of nitrogens with one attached hydrogen (secondary N) is 1. The van der Waals surface area contributed by atoms with Crippen LogP contribution in [0.25, 0.3) is 0 Å². The van der Waals surface area contributed by atoms with Crippen LogP contribution in [0.3, 0.4) is 0 Å². The van der Waals surface area contributed by atoms with Gasteiger partial charge in [-0.3, -0.25) is 4.79 Å². The quantitative estimate of drug-likeness (QED) is 0.741. The average molecular weight is 199 g/mol. The summed E-state index contributed by atoms with van der Waals surface area (Å²) in [6, 6.07) is 9.51. The van der Waals surface area contributed by atoms with Gasteiger partial charge >= 0.3 is 0 Å². The number of aryl methyl sites for hydroxylation is 2. The summed E-state index contributed by atoms with van der Waals surface area (Å²) in [5, 5.41) is 0. The maximum absolute atomic E-state index is 12.0. The summed E-state index contributed by atoms with van der Waals surface area (Å²) >= 11 is 0. The highest BCUT2D eigenvalue weighted by atomic mass is 16.1. The fraction of sp³-hybridized carbons (Fsp3) is 0.154. The van der Waals surface area contributed by atoms with E-state index in [2.05, 4.69) is 11.1 Å². The summed E-state index contributed by atoms with van der Waals surface area (Å²) in [6.07, 6.45) is 1.76. The van der Waals surface area contributed by atoms with Crippen LogP contribution in [0.15, 0.2) is 36.5 Å². The standard InChI is InChI=1S/C13H13NO/c1-9-6-10(2)8-11(7-9)13(15)12-4-3-5-14-12/h3-8,14H,1-2H3. The Balaban J connectivity index is 2.42. The molecule has 0 radical (unpaired) electrons. The summed E-state index contributed by atoms with van der Waals surface area (Å²) in [7, 11) is 0. The van der Waals surface area contributed by atoms with Crippen LogP contribution in [0.1, 0.15) is 27.2 Å². The molecule has 0 amide bonds. The third-order valence-electron chi connectivity index (χ3n) is 2.33. The first-order valence-electron chi connectivity index (χ1n) is 4.93. The van der Waals surface area contributed by atoms with E-state index in [0.29, 0.717) is 5.69 Å². The van der Waals surface area contributed by atoms with Crippen molar-refractivity contribution in [2.75, 3.05) is 0 Å². The molecule has 1 aromatic carbocycles. The highest BCUT2D eigenvalue weighted by molar-refractivity contribution is 6.07. The van der Waals surface area contributed by atoms with Crippen molar-refractivity contribution < 1.29 is 4.79 Å². The summed E-state index contributed by atoms with van der Waals surface area (Å²) in [4.78, 5) is 14.9. The molecule has 0 aliphatic heterocycles. The summed E-state index contributed by atoms with van der Waals surface area (Å²) < 4.78 is 0. The van der Waals surface area contributed by atoms with Crippen molar-refractivity contribution in [2.45, 2.75) is 13.8 Å². The summed E-state index contributed by atoms with van der Waals surface area (Å²) in [5.74, 6) is 0.0480. The molecule has 0 bridgehead atoms. The number of hydrogen-bond acceptors (Lipinski definition) is 1. The van der Waals surface area contributed by atoms with Crippen LogP contribution >= 0.6 is 0 Å². The van der Waals surface area contributed by atoms with Crippen LogP contribution < -0.4 is 0 Å². The Kier molecular flexibility index (Phi) is 2.42. The second-order valence-electron chi connectivity index (χ2n) is 3.79. The lowest BCUT2D eigenvalue weighted by Gasteiger charge is -2.02. The number of H-pyrrole nitrogens is 1. The Morgan fingerprint density at radius 2 is 1.80 bits per heavy atom. The molecule has 0 fully saturated rings. The van der Waals surface area contributed by atoms with Crippen molar-refractivity contribution in [3.8, 4) is 0 Å². The first-order valence-corrected chi connectivity index (χ1v) is 4.93. The van der Waals surface area contributed by atoms with E-state index in [-0.39, 0.29) is 5.78 Å². The topological polar surface area (TPSA) is 32.9 Å². The maximum Gasteiger partial charge on any atom is 0.209 e. The van der Waals surface area contributed by atoms with Crippen LogP contribution in [0.2, 0.25) is 0 Å². The first kappa shape index (κ1) is 9.71. The number of aromatic nitrogens is 1. The highest BCUT2D eigenvalue weighted by Crippen LogP contribution is 2.12. The molecule has 2 rings (SSSR count). The lowest BCUT2D eigenvalue weighted by molar-refractivity contribution is 0.103.